The fraction of sp³-hybridized carbons (Fsp3) is 0.286. The van der Waals surface area contributed by atoms with Crippen LogP contribution in [-0.2, 0) is 4.74 Å². The number of ether oxygens (including phenoxy) is 1. The summed E-state index contributed by atoms with van der Waals surface area (Å²) in [5.74, 6) is -0.930. The smallest absolute Gasteiger partial charge is 0.337 e. The molecule has 2 aromatic carbocycles. The number of thiocarbonyl (C=S) groups is 1. The number of anilines is 2. The molecule has 1 aliphatic rings. The zero-order chi connectivity index (χ0) is 22.5. The lowest BCUT2D eigenvalue weighted by Crippen LogP contribution is -2.45. The number of hydrogen-bond acceptors (Lipinski definition) is 6. The molecule has 0 saturated carbocycles. The molecule has 0 atom stereocenters. The van der Waals surface area contributed by atoms with Gasteiger partial charge in [0.2, 0.25) is 0 Å². The van der Waals surface area contributed by atoms with E-state index >= 15 is 0 Å². The zero-order valence-corrected chi connectivity index (χ0v) is 19.4. The first kappa shape index (κ1) is 23.3. The summed E-state index contributed by atoms with van der Waals surface area (Å²) < 4.78 is 4.83. The van der Waals surface area contributed by atoms with Gasteiger partial charge in [0.25, 0.3) is 5.91 Å². The van der Waals surface area contributed by atoms with Gasteiger partial charge in [-0.15, -0.1) is 0 Å². The summed E-state index contributed by atoms with van der Waals surface area (Å²) in [5, 5.41) is 6.38. The van der Waals surface area contributed by atoms with Gasteiger partial charge in [-0.05, 0) is 55.7 Å². The van der Waals surface area contributed by atoms with Crippen molar-refractivity contribution in [2.75, 3.05) is 50.6 Å². The first-order valence-corrected chi connectivity index (χ1v) is 10.7. The van der Waals surface area contributed by atoms with E-state index in [-0.39, 0.29) is 15.7 Å². The number of benzene rings is 2. The quantitative estimate of drug-likeness (QED) is 0.510. The van der Waals surface area contributed by atoms with E-state index in [0.29, 0.717) is 16.3 Å². The lowest BCUT2D eigenvalue weighted by atomic mass is 10.1. The van der Waals surface area contributed by atoms with Gasteiger partial charge in [-0.25, -0.2) is 4.79 Å². The van der Waals surface area contributed by atoms with Gasteiger partial charge in [-0.1, -0.05) is 23.2 Å². The lowest BCUT2D eigenvalue weighted by molar-refractivity contribution is 0.0600. The number of carbonyl (C=O) groups excluding carboxylic acids is 2. The van der Waals surface area contributed by atoms with Crippen molar-refractivity contribution in [3.8, 4) is 0 Å². The minimum Gasteiger partial charge on any atom is -0.465 e. The van der Waals surface area contributed by atoms with E-state index in [1.165, 1.54) is 19.2 Å². The number of rotatable bonds is 4. The summed E-state index contributed by atoms with van der Waals surface area (Å²) in [7, 11) is 3.40. The number of halogens is 2. The molecule has 164 valence electrons. The van der Waals surface area contributed by atoms with Gasteiger partial charge in [-0.3, -0.25) is 10.1 Å². The van der Waals surface area contributed by atoms with Gasteiger partial charge in [-0.2, -0.15) is 0 Å². The van der Waals surface area contributed by atoms with Crippen molar-refractivity contribution in [1.29, 1.82) is 0 Å². The molecule has 0 aromatic heterocycles. The lowest BCUT2D eigenvalue weighted by Gasteiger charge is -2.35. The number of methoxy groups -OCH3 is 1. The summed E-state index contributed by atoms with van der Waals surface area (Å²) in [4.78, 5) is 29.0. The van der Waals surface area contributed by atoms with Gasteiger partial charge >= 0.3 is 5.97 Å². The summed E-state index contributed by atoms with van der Waals surface area (Å²) in [5.41, 5.74) is 2.09. The fourth-order valence-electron chi connectivity index (χ4n) is 3.20. The topological polar surface area (TPSA) is 73.9 Å². The highest BCUT2D eigenvalue weighted by atomic mass is 35.5. The molecule has 0 bridgehead atoms. The number of carbonyl (C=O) groups is 2. The zero-order valence-electron chi connectivity index (χ0n) is 17.1. The average Bonchev–Trinajstić information content (AvgIpc) is 2.73. The number of amides is 1. The van der Waals surface area contributed by atoms with Gasteiger partial charge in [0.15, 0.2) is 5.11 Å². The van der Waals surface area contributed by atoms with E-state index in [1.54, 1.807) is 18.2 Å². The van der Waals surface area contributed by atoms with Crippen LogP contribution in [0, 0.1) is 0 Å². The van der Waals surface area contributed by atoms with Crippen LogP contribution in [0.3, 0.4) is 0 Å². The van der Waals surface area contributed by atoms with Crippen LogP contribution in [0.25, 0.3) is 0 Å². The van der Waals surface area contributed by atoms with E-state index in [2.05, 4.69) is 27.5 Å². The van der Waals surface area contributed by atoms with Gasteiger partial charge in [0.05, 0.1) is 34.6 Å². The first-order chi connectivity index (χ1) is 14.8. The van der Waals surface area contributed by atoms with E-state index in [0.717, 1.165) is 31.9 Å². The molecule has 0 spiro atoms. The second-order valence-corrected chi connectivity index (χ2v) is 8.30. The van der Waals surface area contributed by atoms with Crippen LogP contribution in [0.5, 0.6) is 0 Å². The molecule has 10 heteroatoms. The van der Waals surface area contributed by atoms with Crippen molar-refractivity contribution in [2.45, 2.75) is 0 Å². The number of nitrogens with zero attached hydrogens (tertiary/aromatic N) is 2. The molecule has 31 heavy (non-hydrogen) atoms. The Kier molecular flexibility index (Phi) is 7.72. The predicted molar refractivity (Wildman–Crippen MR) is 128 cm³/mol. The van der Waals surface area contributed by atoms with Crippen LogP contribution in [-0.4, -0.2) is 62.2 Å². The van der Waals surface area contributed by atoms with Gasteiger partial charge in [0.1, 0.15) is 0 Å². The second kappa shape index (κ2) is 10.3. The SMILES string of the molecule is COC(=O)c1ccc(N2CCN(C)CC2)c(NC(=S)NC(=O)c2ccc(Cl)cc2Cl)c1. The average molecular weight is 481 g/mol. The number of nitrogens with one attached hydrogen (secondary N) is 2. The molecule has 2 aromatic rings. The Labute approximate surface area is 196 Å². The Hall–Kier alpha value is -2.39. The van der Waals surface area contributed by atoms with Crippen LogP contribution >= 0.6 is 35.4 Å². The number of piperazine rings is 1. The van der Waals surface area contributed by atoms with Crippen molar-refractivity contribution in [3.05, 3.63) is 57.6 Å². The molecular weight excluding hydrogens is 459 g/mol. The Morgan fingerprint density at radius 2 is 1.77 bits per heavy atom. The normalized spacial score (nSPS) is 14.1. The summed E-state index contributed by atoms with van der Waals surface area (Å²) in [6, 6.07) is 9.80. The summed E-state index contributed by atoms with van der Waals surface area (Å²) in [6.45, 7) is 3.47. The highest BCUT2D eigenvalue weighted by molar-refractivity contribution is 7.80. The number of hydrogen-bond donors (Lipinski definition) is 2. The van der Waals surface area contributed by atoms with E-state index in [9.17, 15) is 9.59 Å². The molecule has 3 rings (SSSR count). The molecule has 0 unspecified atom stereocenters. The maximum atomic E-state index is 12.6. The summed E-state index contributed by atoms with van der Waals surface area (Å²) >= 11 is 17.3. The highest BCUT2D eigenvalue weighted by Gasteiger charge is 2.20. The molecule has 1 fully saturated rings. The number of esters is 1. The minimum atomic E-state index is -0.468. The highest BCUT2D eigenvalue weighted by Crippen LogP contribution is 2.29. The van der Waals surface area contributed by atoms with Crippen LogP contribution in [0.2, 0.25) is 10.0 Å². The van der Waals surface area contributed by atoms with Crippen molar-refractivity contribution in [1.82, 2.24) is 10.2 Å². The van der Waals surface area contributed by atoms with Crippen molar-refractivity contribution in [2.24, 2.45) is 0 Å². The van der Waals surface area contributed by atoms with E-state index < -0.39 is 11.9 Å². The Balaban J connectivity index is 1.81. The number of likely N-dealkylation sites (N-methyl/N-ethyl adjacent to an activating group) is 1. The third kappa shape index (κ3) is 5.86. The van der Waals surface area contributed by atoms with Crippen molar-refractivity contribution >= 4 is 63.8 Å². The molecule has 2 N–H and O–H groups in total. The second-order valence-electron chi connectivity index (χ2n) is 7.05. The van der Waals surface area contributed by atoms with Crippen LogP contribution in [0.15, 0.2) is 36.4 Å². The minimum absolute atomic E-state index is 0.0772. The Morgan fingerprint density at radius 1 is 1.06 bits per heavy atom. The van der Waals surface area contributed by atoms with Gasteiger partial charge < -0.3 is 19.9 Å². The van der Waals surface area contributed by atoms with Crippen molar-refractivity contribution < 1.29 is 14.3 Å². The Bertz CT molecular complexity index is 1010. The van der Waals surface area contributed by atoms with Gasteiger partial charge in [0, 0.05) is 31.2 Å². The van der Waals surface area contributed by atoms with Crippen LogP contribution < -0.4 is 15.5 Å². The predicted octanol–water partition coefficient (Wildman–Crippen LogP) is 3.66. The molecule has 1 aliphatic heterocycles. The van der Waals surface area contributed by atoms with E-state index in [1.807, 2.05) is 6.07 Å². The van der Waals surface area contributed by atoms with Crippen molar-refractivity contribution in [3.63, 3.8) is 0 Å². The van der Waals surface area contributed by atoms with Crippen LogP contribution in [0.4, 0.5) is 11.4 Å². The fourth-order valence-corrected chi connectivity index (χ4v) is 3.90. The molecule has 7 nitrogen and oxygen atoms in total. The molecule has 1 amide bonds. The third-order valence-electron chi connectivity index (χ3n) is 4.91. The van der Waals surface area contributed by atoms with E-state index in [4.69, 9.17) is 40.2 Å². The standard InChI is InChI=1S/C21H22Cl2N4O3S/c1-26-7-9-27(10-8-26)18-6-3-13(20(29)30-2)11-17(18)24-21(31)25-19(28)15-5-4-14(22)12-16(15)23/h3-6,11-12H,7-10H2,1-2H3,(H2,24,25,28,31). The molecule has 0 aliphatic carbocycles. The monoisotopic (exact) mass is 480 g/mol. The maximum absolute atomic E-state index is 12.6. The first-order valence-electron chi connectivity index (χ1n) is 9.51. The largest absolute Gasteiger partial charge is 0.465 e. The molecular formula is C21H22Cl2N4O3S. The molecule has 1 heterocycles. The maximum Gasteiger partial charge on any atom is 0.337 e. The summed E-state index contributed by atoms with van der Waals surface area (Å²) in [6.07, 6.45) is 0. The van der Waals surface area contributed by atoms with Crippen LogP contribution in [0.1, 0.15) is 20.7 Å². The third-order valence-corrected chi connectivity index (χ3v) is 5.66. The molecule has 1 saturated heterocycles. The molecule has 0 radical (unpaired) electrons. The Morgan fingerprint density at radius 3 is 2.42 bits per heavy atom.